The van der Waals surface area contributed by atoms with Gasteiger partial charge in [0.2, 0.25) is 0 Å². The van der Waals surface area contributed by atoms with Gasteiger partial charge in [0.05, 0.1) is 12.1 Å². The second-order valence-corrected chi connectivity index (χ2v) is 6.36. The van der Waals surface area contributed by atoms with Crippen molar-refractivity contribution in [3.05, 3.63) is 12.2 Å². The summed E-state index contributed by atoms with van der Waals surface area (Å²) in [5.74, 6) is 1.89. The van der Waals surface area contributed by atoms with Crippen LogP contribution in [0.4, 0.5) is 0 Å². The molecular formula is C14H24N4O. The standard InChI is InChI=1S/C14H24N4O/c1-11-8-18(9-13-16-15-10-17(13)2)7-6-14(11,19)12-4-3-5-12/h10-12,19H,3-9H2,1-2H3. The zero-order valence-electron chi connectivity index (χ0n) is 11.9. The molecule has 1 saturated heterocycles. The highest BCUT2D eigenvalue weighted by atomic mass is 16.3. The van der Waals surface area contributed by atoms with Gasteiger partial charge in [-0.25, -0.2) is 0 Å². The molecule has 2 aliphatic rings. The lowest BCUT2D eigenvalue weighted by atomic mass is 9.65. The second-order valence-electron chi connectivity index (χ2n) is 6.36. The summed E-state index contributed by atoms with van der Waals surface area (Å²) >= 11 is 0. The number of hydrogen-bond acceptors (Lipinski definition) is 4. The third-order valence-corrected chi connectivity index (χ3v) is 5.20. The molecule has 106 valence electrons. The summed E-state index contributed by atoms with van der Waals surface area (Å²) in [6, 6.07) is 0. The first-order valence-electron chi connectivity index (χ1n) is 7.37. The van der Waals surface area contributed by atoms with E-state index in [1.54, 1.807) is 6.33 Å². The van der Waals surface area contributed by atoms with Crippen LogP contribution < -0.4 is 0 Å². The number of piperidine rings is 1. The third-order valence-electron chi connectivity index (χ3n) is 5.20. The molecule has 1 aliphatic carbocycles. The van der Waals surface area contributed by atoms with Crippen LogP contribution in [0.15, 0.2) is 6.33 Å². The largest absolute Gasteiger partial charge is 0.389 e. The first kappa shape index (κ1) is 13.1. The van der Waals surface area contributed by atoms with E-state index >= 15 is 0 Å². The van der Waals surface area contributed by atoms with E-state index in [2.05, 4.69) is 22.0 Å². The lowest BCUT2D eigenvalue weighted by molar-refractivity contribution is -0.129. The van der Waals surface area contributed by atoms with Crippen molar-refractivity contribution in [3.8, 4) is 0 Å². The SMILES string of the molecule is CC1CN(Cc2nncn2C)CCC1(O)C1CCC1. The summed E-state index contributed by atoms with van der Waals surface area (Å²) in [5, 5.41) is 19.0. The van der Waals surface area contributed by atoms with E-state index in [-0.39, 0.29) is 0 Å². The molecule has 0 aromatic carbocycles. The first-order chi connectivity index (χ1) is 9.09. The number of nitrogens with zero attached hydrogens (tertiary/aromatic N) is 4. The molecule has 1 saturated carbocycles. The van der Waals surface area contributed by atoms with Gasteiger partial charge in [-0.15, -0.1) is 10.2 Å². The van der Waals surface area contributed by atoms with Crippen LogP contribution in [0.25, 0.3) is 0 Å². The molecular weight excluding hydrogens is 240 g/mol. The molecule has 0 amide bonds. The lowest BCUT2D eigenvalue weighted by Crippen LogP contribution is -2.56. The van der Waals surface area contributed by atoms with Crippen molar-refractivity contribution in [2.75, 3.05) is 13.1 Å². The Balaban J connectivity index is 1.62. The van der Waals surface area contributed by atoms with E-state index < -0.39 is 5.60 Å². The molecule has 2 atom stereocenters. The molecule has 1 aliphatic heterocycles. The van der Waals surface area contributed by atoms with Gasteiger partial charge in [-0.3, -0.25) is 4.90 Å². The zero-order chi connectivity index (χ0) is 13.5. The number of aliphatic hydroxyl groups is 1. The Morgan fingerprint density at radius 1 is 1.47 bits per heavy atom. The summed E-state index contributed by atoms with van der Waals surface area (Å²) in [6.45, 7) is 4.95. The van der Waals surface area contributed by atoms with E-state index in [1.165, 1.54) is 19.3 Å². The third kappa shape index (κ3) is 2.30. The molecule has 5 heteroatoms. The van der Waals surface area contributed by atoms with Gasteiger partial charge in [0.15, 0.2) is 0 Å². The quantitative estimate of drug-likeness (QED) is 0.891. The maximum Gasteiger partial charge on any atom is 0.146 e. The summed E-state index contributed by atoms with van der Waals surface area (Å²) in [6.07, 6.45) is 6.36. The topological polar surface area (TPSA) is 54.2 Å². The summed E-state index contributed by atoms with van der Waals surface area (Å²) in [7, 11) is 1.98. The van der Waals surface area contributed by atoms with Crippen LogP contribution in [-0.4, -0.2) is 43.5 Å². The summed E-state index contributed by atoms with van der Waals surface area (Å²) in [4.78, 5) is 2.39. The van der Waals surface area contributed by atoms with Gasteiger partial charge < -0.3 is 9.67 Å². The van der Waals surface area contributed by atoms with Crippen LogP contribution in [0.3, 0.4) is 0 Å². The average molecular weight is 264 g/mol. The van der Waals surface area contributed by atoms with Gasteiger partial charge in [-0.2, -0.15) is 0 Å². The Bertz CT molecular complexity index is 442. The minimum Gasteiger partial charge on any atom is -0.389 e. The minimum absolute atomic E-state index is 0.347. The van der Waals surface area contributed by atoms with E-state index in [1.807, 2.05) is 11.6 Å². The molecule has 3 rings (SSSR count). The van der Waals surface area contributed by atoms with Crippen molar-refractivity contribution in [2.24, 2.45) is 18.9 Å². The Kier molecular flexibility index (Phi) is 3.35. The minimum atomic E-state index is -0.422. The molecule has 1 N–H and O–H groups in total. The fourth-order valence-electron chi connectivity index (χ4n) is 3.53. The predicted molar refractivity (Wildman–Crippen MR) is 72.4 cm³/mol. The van der Waals surface area contributed by atoms with E-state index in [0.29, 0.717) is 11.8 Å². The van der Waals surface area contributed by atoms with Crippen molar-refractivity contribution in [1.29, 1.82) is 0 Å². The molecule has 2 unspecified atom stereocenters. The monoisotopic (exact) mass is 264 g/mol. The van der Waals surface area contributed by atoms with Crippen LogP contribution in [0, 0.1) is 11.8 Å². The second kappa shape index (κ2) is 4.87. The van der Waals surface area contributed by atoms with Gasteiger partial charge in [0, 0.05) is 20.1 Å². The molecule has 0 bridgehead atoms. The molecule has 0 spiro atoms. The number of aryl methyl sites for hydroxylation is 1. The van der Waals surface area contributed by atoms with Crippen molar-refractivity contribution < 1.29 is 5.11 Å². The van der Waals surface area contributed by atoms with Crippen molar-refractivity contribution in [1.82, 2.24) is 19.7 Å². The highest BCUT2D eigenvalue weighted by molar-refractivity contribution is 4.99. The molecule has 2 heterocycles. The van der Waals surface area contributed by atoms with Gasteiger partial charge >= 0.3 is 0 Å². The van der Waals surface area contributed by atoms with Gasteiger partial charge in [-0.1, -0.05) is 13.3 Å². The Hall–Kier alpha value is -0.940. The molecule has 19 heavy (non-hydrogen) atoms. The van der Waals surface area contributed by atoms with Crippen molar-refractivity contribution >= 4 is 0 Å². The van der Waals surface area contributed by atoms with E-state index in [0.717, 1.165) is 31.9 Å². The predicted octanol–water partition coefficient (Wildman–Crippen LogP) is 1.19. The van der Waals surface area contributed by atoms with Crippen LogP contribution in [0.2, 0.25) is 0 Å². The lowest BCUT2D eigenvalue weighted by Gasteiger charge is -2.50. The smallest absolute Gasteiger partial charge is 0.146 e. The first-order valence-corrected chi connectivity index (χ1v) is 7.37. The average Bonchev–Trinajstić information content (AvgIpc) is 2.68. The summed E-state index contributed by atoms with van der Waals surface area (Å²) < 4.78 is 1.97. The van der Waals surface area contributed by atoms with Gasteiger partial charge in [0.25, 0.3) is 0 Å². The van der Waals surface area contributed by atoms with Gasteiger partial charge in [0.1, 0.15) is 12.2 Å². The van der Waals surface area contributed by atoms with Crippen LogP contribution >= 0.6 is 0 Å². The van der Waals surface area contributed by atoms with E-state index in [9.17, 15) is 5.11 Å². The zero-order valence-corrected chi connectivity index (χ0v) is 11.9. The fraction of sp³-hybridized carbons (Fsp3) is 0.857. The van der Waals surface area contributed by atoms with Crippen LogP contribution in [0.1, 0.15) is 38.4 Å². The fourth-order valence-corrected chi connectivity index (χ4v) is 3.53. The molecule has 1 aromatic rings. The maximum absolute atomic E-state index is 10.9. The molecule has 0 radical (unpaired) electrons. The number of aromatic nitrogens is 3. The van der Waals surface area contributed by atoms with Crippen LogP contribution in [0.5, 0.6) is 0 Å². The Labute approximate surface area is 114 Å². The number of rotatable bonds is 3. The highest BCUT2D eigenvalue weighted by Crippen LogP contribution is 2.44. The van der Waals surface area contributed by atoms with Crippen molar-refractivity contribution in [3.63, 3.8) is 0 Å². The highest BCUT2D eigenvalue weighted by Gasteiger charge is 2.46. The normalized spacial score (nSPS) is 33.3. The molecule has 5 nitrogen and oxygen atoms in total. The number of hydrogen-bond donors (Lipinski definition) is 1. The van der Waals surface area contributed by atoms with Crippen LogP contribution in [-0.2, 0) is 13.6 Å². The summed E-state index contributed by atoms with van der Waals surface area (Å²) in [5.41, 5.74) is -0.422. The molecule has 1 aromatic heterocycles. The number of likely N-dealkylation sites (tertiary alicyclic amines) is 1. The van der Waals surface area contributed by atoms with Gasteiger partial charge in [-0.05, 0) is 31.1 Å². The molecule has 2 fully saturated rings. The van der Waals surface area contributed by atoms with E-state index in [4.69, 9.17) is 0 Å². The Morgan fingerprint density at radius 3 is 2.79 bits per heavy atom. The van der Waals surface area contributed by atoms with Crippen molar-refractivity contribution in [2.45, 2.75) is 44.8 Å². The maximum atomic E-state index is 10.9. The Morgan fingerprint density at radius 2 is 2.26 bits per heavy atom.